The van der Waals surface area contributed by atoms with Crippen molar-refractivity contribution in [3.63, 3.8) is 0 Å². The van der Waals surface area contributed by atoms with E-state index < -0.39 is 30.1 Å². The molecule has 5 atom stereocenters. The second-order valence-electron chi connectivity index (χ2n) is 11.4. The van der Waals surface area contributed by atoms with Crippen LogP contribution in [0.3, 0.4) is 0 Å². The largest absolute Gasteiger partial charge is 0.457 e. The van der Waals surface area contributed by atoms with Gasteiger partial charge in [0.1, 0.15) is 24.0 Å². The van der Waals surface area contributed by atoms with Crippen LogP contribution in [0.1, 0.15) is 78.2 Å². The number of ether oxygens (including phenoxy) is 1. The van der Waals surface area contributed by atoms with E-state index in [0.29, 0.717) is 19.4 Å². The molecule has 1 aliphatic heterocycles. The lowest BCUT2D eigenvalue weighted by atomic mass is 9.86. The summed E-state index contributed by atoms with van der Waals surface area (Å²) in [6.07, 6.45) is 7.82. The molecule has 0 spiro atoms. The summed E-state index contributed by atoms with van der Waals surface area (Å²) in [6.45, 7) is 15.0. The topological polar surface area (TPSA) is 118 Å². The highest BCUT2D eigenvalue weighted by atomic mass is 16.5. The Balaban J connectivity index is 1.59. The highest BCUT2D eigenvalue weighted by Crippen LogP contribution is 2.24. The van der Waals surface area contributed by atoms with Gasteiger partial charge in [-0.15, -0.1) is 0 Å². The van der Waals surface area contributed by atoms with Crippen LogP contribution in [0.25, 0.3) is 16.8 Å². The molecular weight excluding hydrogens is 532 g/mol. The van der Waals surface area contributed by atoms with Crippen molar-refractivity contribution in [1.82, 2.24) is 20.7 Å². The highest BCUT2D eigenvalue weighted by molar-refractivity contribution is 5.92. The Morgan fingerprint density at radius 2 is 1.88 bits per heavy atom. The summed E-state index contributed by atoms with van der Waals surface area (Å²) in [5.74, 6) is -2.06. The number of Topliss-reactive ketones (excluding diaryl/α,β-unsaturated/α-hetero) is 1. The first-order chi connectivity index (χ1) is 19.9. The minimum atomic E-state index is -0.837. The quantitative estimate of drug-likeness (QED) is 0.272. The van der Waals surface area contributed by atoms with E-state index in [4.69, 9.17) is 4.74 Å². The average molecular weight is 577 g/mol. The molecule has 1 fully saturated rings. The number of aromatic nitrogens is 1. The summed E-state index contributed by atoms with van der Waals surface area (Å²) < 4.78 is 5.78. The second-order valence-corrected chi connectivity index (χ2v) is 11.4. The minimum Gasteiger partial charge on any atom is -0.457 e. The number of hydrogen-bond donors (Lipinski definition) is 2. The van der Waals surface area contributed by atoms with Crippen molar-refractivity contribution in [2.24, 2.45) is 17.8 Å². The molecule has 0 radical (unpaired) electrons. The SMILES string of the molecule is C=Cc1cc2cc([C@@H](C)OC(=O)[C@@H]3CCCN(C(=O)[C@H](C)NC(=O)[C@@H](CC(=O)C(C)/C=C/C)C(C)C)N3)ccc2cn1. The molecular formula is C33H44N4O5. The van der Waals surface area contributed by atoms with E-state index >= 15 is 0 Å². The van der Waals surface area contributed by atoms with Crippen LogP contribution >= 0.6 is 0 Å². The molecule has 9 nitrogen and oxygen atoms in total. The van der Waals surface area contributed by atoms with Gasteiger partial charge < -0.3 is 10.1 Å². The number of carbonyl (C=O) groups excluding carboxylic acids is 4. The summed E-state index contributed by atoms with van der Waals surface area (Å²) >= 11 is 0. The Morgan fingerprint density at radius 3 is 2.55 bits per heavy atom. The van der Waals surface area contributed by atoms with Crippen molar-refractivity contribution in [2.45, 2.75) is 79.0 Å². The van der Waals surface area contributed by atoms with Gasteiger partial charge in [0.05, 0.1) is 5.69 Å². The molecule has 9 heteroatoms. The average Bonchev–Trinajstić information content (AvgIpc) is 2.98. The van der Waals surface area contributed by atoms with Gasteiger partial charge in [0.15, 0.2) is 0 Å². The maximum absolute atomic E-state index is 13.2. The molecule has 2 heterocycles. The van der Waals surface area contributed by atoms with E-state index in [2.05, 4.69) is 22.3 Å². The molecule has 2 amide bonds. The Morgan fingerprint density at radius 1 is 1.14 bits per heavy atom. The van der Waals surface area contributed by atoms with Crippen molar-refractivity contribution in [2.75, 3.05) is 6.54 Å². The predicted octanol–water partition coefficient (Wildman–Crippen LogP) is 4.93. The maximum atomic E-state index is 13.2. The number of nitrogens with one attached hydrogen (secondary N) is 2. The molecule has 2 aromatic rings. The van der Waals surface area contributed by atoms with Crippen LogP contribution in [0, 0.1) is 17.8 Å². The molecule has 1 unspecified atom stereocenters. The van der Waals surface area contributed by atoms with Gasteiger partial charge in [0, 0.05) is 36.4 Å². The summed E-state index contributed by atoms with van der Waals surface area (Å²) in [7, 11) is 0. The lowest BCUT2D eigenvalue weighted by Gasteiger charge is -2.35. The molecule has 0 saturated carbocycles. The van der Waals surface area contributed by atoms with E-state index in [0.717, 1.165) is 22.0 Å². The first kappa shape index (κ1) is 32.7. The molecule has 1 aromatic heterocycles. The Kier molecular flexibility index (Phi) is 11.6. The molecule has 1 saturated heterocycles. The monoisotopic (exact) mass is 576 g/mol. The van der Waals surface area contributed by atoms with Crippen molar-refractivity contribution in [1.29, 1.82) is 0 Å². The van der Waals surface area contributed by atoms with E-state index in [-0.39, 0.29) is 35.9 Å². The fourth-order valence-electron chi connectivity index (χ4n) is 5.03. The van der Waals surface area contributed by atoms with Gasteiger partial charge in [-0.1, -0.05) is 51.6 Å². The Hall–Kier alpha value is -3.85. The zero-order valence-electron chi connectivity index (χ0n) is 25.6. The number of carbonyl (C=O) groups is 4. The van der Waals surface area contributed by atoms with E-state index in [9.17, 15) is 19.2 Å². The molecule has 226 valence electrons. The van der Waals surface area contributed by atoms with Crippen LogP contribution in [0.2, 0.25) is 0 Å². The number of amides is 2. The number of nitrogens with zero attached hydrogens (tertiary/aromatic N) is 2. The lowest BCUT2D eigenvalue weighted by molar-refractivity contribution is -0.157. The molecule has 3 rings (SSSR count). The van der Waals surface area contributed by atoms with Gasteiger partial charge in [-0.25, -0.2) is 5.43 Å². The van der Waals surface area contributed by atoms with Crippen molar-refractivity contribution in [3.05, 3.63) is 60.5 Å². The third-order valence-electron chi connectivity index (χ3n) is 7.76. The fraction of sp³-hybridized carbons (Fsp3) is 0.485. The van der Waals surface area contributed by atoms with E-state index in [1.54, 1.807) is 19.2 Å². The standard InChI is InChI=1S/C33H44N4O5/c1-8-11-21(5)30(38)18-28(20(3)4)31(39)35-22(6)32(40)37-15-10-12-29(36-37)33(41)42-23(7)24-13-14-25-19-34-27(9-2)17-26(25)16-24/h8-9,11,13-14,16-17,19-23,28-29,36H,2,10,12,15,18H2,1,3-7H3,(H,35,39)/b11-8+/t21?,22-,23+,28-,29-/m0/s1. The number of esters is 1. The Bertz CT molecular complexity index is 1340. The van der Waals surface area contributed by atoms with Crippen LogP contribution in [0.15, 0.2) is 49.2 Å². The van der Waals surface area contributed by atoms with Gasteiger partial charge >= 0.3 is 5.97 Å². The molecule has 1 aliphatic rings. The summed E-state index contributed by atoms with van der Waals surface area (Å²) in [5.41, 5.74) is 4.60. The van der Waals surface area contributed by atoms with Crippen molar-refractivity contribution in [3.8, 4) is 0 Å². The minimum absolute atomic E-state index is 0.0172. The van der Waals surface area contributed by atoms with Crippen molar-refractivity contribution >= 4 is 40.4 Å². The summed E-state index contributed by atoms with van der Waals surface area (Å²) in [5, 5.41) is 6.12. The smallest absolute Gasteiger partial charge is 0.325 e. The Labute approximate surface area is 248 Å². The van der Waals surface area contributed by atoms with Crippen LogP contribution < -0.4 is 10.7 Å². The molecule has 0 aliphatic carbocycles. The van der Waals surface area contributed by atoms with Gasteiger partial charge in [0.2, 0.25) is 5.91 Å². The first-order valence-corrected chi connectivity index (χ1v) is 14.7. The zero-order chi connectivity index (χ0) is 31.0. The number of hydrazine groups is 1. The van der Waals surface area contributed by atoms with Crippen LogP contribution in [0.4, 0.5) is 0 Å². The normalized spacial score (nSPS) is 18.4. The zero-order valence-corrected chi connectivity index (χ0v) is 25.6. The highest BCUT2D eigenvalue weighted by Gasteiger charge is 2.34. The fourth-order valence-corrected chi connectivity index (χ4v) is 5.03. The molecule has 1 aromatic carbocycles. The number of benzene rings is 1. The third kappa shape index (κ3) is 8.35. The molecule has 0 bridgehead atoms. The maximum Gasteiger partial charge on any atom is 0.325 e. The van der Waals surface area contributed by atoms with Gasteiger partial charge in [0.25, 0.3) is 5.91 Å². The molecule has 42 heavy (non-hydrogen) atoms. The van der Waals surface area contributed by atoms with Crippen LogP contribution in [0.5, 0.6) is 0 Å². The predicted molar refractivity (Wildman–Crippen MR) is 164 cm³/mol. The molecule has 2 N–H and O–H groups in total. The third-order valence-corrected chi connectivity index (χ3v) is 7.76. The number of fused-ring (bicyclic) bond motifs is 1. The van der Waals surface area contributed by atoms with Gasteiger partial charge in [-0.05, 0) is 68.7 Å². The summed E-state index contributed by atoms with van der Waals surface area (Å²) in [6, 6.07) is 6.21. The first-order valence-electron chi connectivity index (χ1n) is 14.7. The van der Waals surface area contributed by atoms with Crippen LogP contribution in [-0.4, -0.2) is 52.2 Å². The summed E-state index contributed by atoms with van der Waals surface area (Å²) in [4.78, 5) is 56.3. The number of ketones is 1. The van der Waals surface area contributed by atoms with E-state index in [1.165, 1.54) is 5.01 Å². The number of allylic oxidation sites excluding steroid dienone is 2. The van der Waals surface area contributed by atoms with Gasteiger partial charge in [-0.3, -0.25) is 29.2 Å². The van der Waals surface area contributed by atoms with E-state index in [1.807, 2.05) is 71.0 Å². The van der Waals surface area contributed by atoms with Crippen molar-refractivity contribution < 1.29 is 23.9 Å². The number of pyridine rings is 1. The van der Waals surface area contributed by atoms with Crippen LogP contribution in [-0.2, 0) is 23.9 Å². The second kappa shape index (κ2) is 14.9. The van der Waals surface area contributed by atoms with Gasteiger partial charge in [-0.2, -0.15) is 0 Å². The number of hydrogen-bond acceptors (Lipinski definition) is 7. The lowest BCUT2D eigenvalue weighted by Crippen LogP contribution is -2.59. The number of rotatable bonds is 12.